The van der Waals surface area contributed by atoms with Crippen molar-refractivity contribution in [3.8, 4) is 11.5 Å². The highest BCUT2D eigenvalue weighted by molar-refractivity contribution is 5.79. The predicted molar refractivity (Wildman–Crippen MR) is 120 cm³/mol. The molecular formula is C24H33N3O3. The number of guanidine groups is 1. The molecule has 6 heteroatoms. The van der Waals surface area contributed by atoms with E-state index in [1.807, 2.05) is 63.2 Å². The molecule has 2 aromatic rings. The van der Waals surface area contributed by atoms with Crippen molar-refractivity contribution in [2.45, 2.75) is 45.3 Å². The van der Waals surface area contributed by atoms with Gasteiger partial charge in [0.1, 0.15) is 11.5 Å². The van der Waals surface area contributed by atoms with Crippen molar-refractivity contribution < 1.29 is 14.6 Å². The van der Waals surface area contributed by atoms with Crippen LogP contribution in [0.25, 0.3) is 0 Å². The van der Waals surface area contributed by atoms with E-state index >= 15 is 0 Å². The lowest BCUT2D eigenvalue weighted by molar-refractivity contribution is 0.185. The van der Waals surface area contributed by atoms with Crippen LogP contribution >= 0.6 is 0 Å². The third-order valence-corrected chi connectivity index (χ3v) is 4.98. The number of fused-ring (bicyclic) bond motifs is 1. The summed E-state index contributed by atoms with van der Waals surface area (Å²) in [6, 6.07) is 15.8. The Bertz CT molecular complexity index is 838. The molecule has 2 unspecified atom stereocenters. The molecule has 162 valence electrons. The Kier molecular flexibility index (Phi) is 7.97. The maximum Gasteiger partial charge on any atom is 0.191 e. The second kappa shape index (κ2) is 10.9. The van der Waals surface area contributed by atoms with Gasteiger partial charge in [0.25, 0.3) is 0 Å². The highest BCUT2D eigenvalue weighted by Crippen LogP contribution is 2.32. The number of rotatable bonds is 8. The number of aliphatic hydroxyl groups excluding tert-OH is 1. The molecule has 1 heterocycles. The van der Waals surface area contributed by atoms with E-state index in [-0.39, 0.29) is 12.6 Å². The molecule has 0 radical (unpaired) electrons. The minimum absolute atomic E-state index is 0.0929. The van der Waals surface area contributed by atoms with Crippen molar-refractivity contribution in [3.05, 3.63) is 59.7 Å². The minimum Gasteiger partial charge on any atom is -0.493 e. The molecule has 1 aliphatic heterocycles. The first kappa shape index (κ1) is 22.0. The Balaban J connectivity index is 1.61. The number of nitrogens with zero attached hydrogens (tertiary/aromatic N) is 1. The van der Waals surface area contributed by atoms with Crippen molar-refractivity contribution in [2.24, 2.45) is 4.99 Å². The van der Waals surface area contributed by atoms with Crippen LogP contribution < -0.4 is 20.1 Å². The van der Waals surface area contributed by atoms with Crippen LogP contribution in [0, 0.1) is 0 Å². The van der Waals surface area contributed by atoms with E-state index in [9.17, 15) is 5.11 Å². The normalized spacial score (nSPS) is 17.1. The number of para-hydroxylation sites is 1. The fourth-order valence-electron chi connectivity index (χ4n) is 3.54. The van der Waals surface area contributed by atoms with E-state index in [0.717, 1.165) is 43.2 Å². The standard InChI is InChI=1S/C24H33N3O3/c1-4-25-24(26-15-19-12-13-29-23-11-6-5-10-21(19)23)27-16-22(28)18-8-7-9-20(14-18)30-17(2)3/h5-11,14,17,19,22,28H,4,12-13,15-16H2,1-3H3,(H2,25,26,27). The van der Waals surface area contributed by atoms with E-state index in [2.05, 4.69) is 21.7 Å². The summed E-state index contributed by atoms with van der Waals surface area (Å²) in [7, 11) is 0. The molecule has 1 aliphatic rings. The monoisotopic (exact) mass is 411 g/mol. The van der Waals surface area contributed by atoms with Gasteiger partial charge >= 0.3 is 0 Å². The number of aliphatic hydroxyl groups is 1. The van der Waals surface area contributed by atoms with E-state index in [4.69, 9.17) is 9.47 Å². The zero-order valence-corrected chi connectivity index (χ0v) is 18.1. The summed E-state index contributed by atoms with van der Waals surface area (Å²) < 4.78 is 11.5. The zero-order valence-electron chi connectivity index (χ0n) is 18.1. The maximum atomic E-state index is 10.6. The molecule has 0 saturated heterocycles. The van der Waals surface area contributed by atoms with Gasteiger partial charge in [-0.3, -0.25) is 4.99 Å². The Morgan fingerprint density at radius 2 is 2.03 bits per heavy atom. The van der Waals surface area contributed by atoms with Crippen LogP contribution in [-0.4, -0.2) is 43.4 Å². The average molecular weight is 412 g/mol. The third kappa shape index (κ3) is 6.13. The summed E-state index contributed by atoms with van der Waals surface area (Å²) in [6.07, 6.45) is 0.365. The molecule has 6 nitrogen and oxygen atoms in total. The molecule has 0 bridgehead atoms. The van der Waals surface area contributed by atoms with Crippen LogP contribution in [0.4, 0.5) is 0 Å². The van der Waals surface area contributed by atoms with Crippen molar-refractivity contribution in [1.82, 2.24) is 10.6 Å². The number of hydrogen-bond acceptors (Lipinski definition) is 4. The first-order chi connectivity index (χ1) is 14.6. The molecule has 0 fully saturated rings. The second-order valence-electron chi connectivity index (χ2n) is 7.73. The van der Waals surface area contributed by atoms with Crippen LogP contribution in [0.5, 0.6) is 11.5 Å². The molecule has 0 aromatic heterocycles. The van der Waals surface area contributed by atoms with Gasteiger partial charge in [0, 0.05) is 19.0 Å². The van der Waals surface area contributed by atoms with Crippen LogP contribution in [0.15, 0.2) is 53.5 Å². The summed E-state index contributed by atoms with van der Waals surface area (Å²) in [5.74, 6) is 2.80. The lowest BCUT2D eigenvalue weighted by atomic mass is 9.93. The lowest BCUT2D eigenvalue weighted by Gasteiger charge is -2.26. The second-order valence-corrected chi connectivity index (χ2v) is 7.73. The molecule has 0 spiro atoms. The van der Waals surface area contributed by atoms with Crippen LogP contribution in [-0.2, 0) is 0 Å². The number of aliphatic imine (C=N–C) groups is 1. The molecule has 3 rings (SSSR count). The van der Waals surface area contributed by atoms with Gasteiger partial charge in [-0.05, 0) is 56.5 Å². The highest BCUT2D eigenvalue weighted by Gasteiger charge is 2.21. The summed E-state index contributed by atoms with van der Waals surface area (Å²) in [4.78, 5) is 4.59. The third-order valence-electron chi connectivity index (χ3n) is 4.98. The van der Waals surface area contributed by atoms with Crippen molar-refractivity contribution in [3.63, 3.8) is 0 Å². The maximum absolute atomic E-state index is 10.6. The van der Waals surface area contributed by atoms with Crippen molar-refractivity contribution in [2.75, 3.05) is 26.2 Å². The molecule has 0 aliphatic carbocycles. The molecular weight excluding hydrogens is 378 g/mol. The van der Waals surface area contributed by atoms with Crippen molar-refractivity contribution >= 4 is 5.96 Å². The lowest BCUT2D eigenvalue weighted by Crippen LogP contribution is -2.40. The molecule has 30 heavy (non-hydrogen) atoms. The van der Waals surface area contributed by atoms with Gasteiger partial charge < -0.3 is 25.2 Å². The minimum atomic E-state index is -0.694. The Morgan fingerprint density at radius 3 is 2.83 bits per heavy atom. The summed E-state index contributed by atoms with van der Waals surface area (Å²) in [6.45, 7) is 8.51. The van der Waals surface area contributed by atoms with Gasteiger partial charge in [0.15, 0.2) is 5.96 Å². The first-order valence-corrected chi connectivity index (χ1v) is 10.8. The SMILES string of the molecule is CCNC(=NCC(O)c1cccc(OC(C)C)c1)NCC1CCOc2ccccc21. The Labute approximate surface area is 179 Å². The van der Waals surface area contributed by atoms with E-state index in [1.54, 1.807) is 0 Å². The highest BCUT2D eigenvalue weighted by atomic mass is 16.5. The number of ether oxygens (including phenoxy) is 2. The summed E-state index contributed by atoms with van der Waals surface area (Å²) in [5, 5.41) is 17.3. The van der Waals surface area contributed by atoms with Crippen LogP contribution in [0.1, 0.15) is 50.3 Å². The Morgan fingerprint density at radius 1 is 1.20 bits per heavy atom. The molecule has 3 N–H and O–H groups in total. The van der Waals surface area contributed by atoms with Crippen LogP contribution in [0.2, 0.25) is 0 Å². The molecule has 0 amide bonds. The van der Waals surface area contributed by atoms with Crippen LogP contribution in [0.3, 0.4) is 0 Å². The van der Waals surface area contributed by atoms with Gasteiger partial charge in [-0.25, -0.2) is 0 Å². The molecule has 2 aromatic carbocycles. The summed E-state index contributed by atoms with van der Waals surface area (Å²) >= 11 is 0. The number of nitrogens with one attached hydrogen (secondary N) is 2. The molecule has 2 atom stereocenters. The zero-order chi connectivity index (χ0) is 21.3. The van der Waals surface area contributed by atoms with Crippen molar-refractivity contribution in [1.29, 1.82) is 0 Å². The Hall–Kier alpha value is -2.73. The fraction of sp³-hybridized carbons (Fsp3) is 0.458. The first-order valence-electron chi connectivity index (χ1n) is 10.8. The summed E-state index contributed by atoms with van der Waals surface area (Å²) in [5.41, 5.74) is 2.03. The van der Waals surface area contributed by atoms with Gasteiger partial charge in [0.2, 0.25) is 0 Å². The average Bonchev–Trinajstić information content (AvgIpc) is 2.75. The van der Waals surface area contributed by atoms with Gasteiger partial charge in [-0.1, -0.05) is 30.3 Å². The van der Waals surface area contributed by atoms with E-state index in [1.165, 1.54) is 5.56 Å². The fourth-order valence-corrected chi connectivity index (χ4v) is 3.54. The predicted octanol–water partition coefficient (Wildman–Crippen LogP) is 3.63. The van der Waals surface area contributed by atoms with Gasteiger partial charge in [-0.2, -0.15) is 0 Å². The quantitative estimate of drug-likeness (QED) is 0.457. The smallest absolute Gasteiger partial charge is 0.191 e. The topological polar surface area (TPSA) is 75.1 Å². The largest absolute Gasteiger partial charge is 0.493 e. The van der Waals surface area contributed by atoms with Gasteiger partial charge in [0.05, 0.1) is 25.4 Å². The molecule has 0 saturated carbocycles. The van der Waals surface area contributed by atoms with E-state index in [0.29, 0.717) is 11.9 Å². The van der Waals surface area contributed by atoms with Gasteiger partial charge in [-0.15, -0.1) is 0 Å². The number of benzene rings is 2. The van der Waals surface area contributed by atoms with E-state index < -0.39 is 6.10 Å². The number of hydrogen-bond donors (Lipinski definition) is 3.